The van der Waals surface area contributed by atoms with Gasteiger partial charge in [0.25, 0.3) is 0 Å². The number of unbranched alkanes of at least 4 members (excludes halogenated alkanes) is 1. The maximum absolute atomic E-state index is 10.3. The quantitative estimate of drug-likeness (QED) is 0.394. The predicted octanol–water partition coefficient (Wildman–Crippen LogP) is 0.968. The van der Waals surface area contributed by atoms with Crippen molar-refractivity contribution >= 4 is 12.4 Å². The zero-order valence-electron chi connectivity index (χ0n) is 8.66. The molecule has 76 valence electrons. The Morgan fingerprint density at radius 1 is 1.69 bits per heavy atom. The van der Waals surface area contributed by atoms with Crippen LogP contribution in [0, 0.1) is 0 Å². The Morgan fingerprint density at radius 3 is 2.77 bits per heavy atom. The summed E-state index contributed by atoms with van der Waals surface area (Å²) in [5.74, 6) is 0.290. The fourth-order valence-electron chi connectivity index (χ4n) is 0.935. The predicted molar refractivity (Wildman–Crippen MR) is 54.4 cm³/mol. The van der Waals surface area contributed by atoms with Crippen molar-refractivity contribution in [2.75, 3.05) is 7.05 Å². The number of rotatable bonds is 5. The van der Waals surface area contributed by atoms with Crippen LogP contribution in [0.5, 0.6) is 0 Å². The molecule has 0 aliphatic heterocycles. The Balaban J connectivity index is 3.97. The van der Waals surface area contributed by atoms with Gasteiger partial charge in [-0.05, 0) is 13.3 Å². The SMILES string of the molecule is CCCCC(C)N=C(N)N(C)C=O. The molecule has 0 rings (SSSR count). The molecular formula is C9H19N3O. The number of nitrogens with zero attached hydrogens (tertiary/aromatic N) is 2. The first-order valence-corrected chi connectivity index (χ1v) is 4.63. The minimum atomic E-state index is 0.197. The third-order valence-electron chi connectivity index (χ3n) is 1.85. The van der Waals surface area contributed by atoms with Crippen molar-refractivity contribution in [1.82, 2.24) is 4.90 Å². The first-order chi connectivity index (χ1) is 6.11. The highest BCUT2D eigenvalue weighted by atomic mass is 16.1. The molecule has 0 bridgehead atoms. The lowest BCUT2D eigenvalue weighted by Crippen LogP contribution is -2.33. The Labute approximate surface area is 79.8 Å². The van der Waals surface area contributed by atoms with Gasteiger partial charge in [0, 0.05) is 7.05 Å². The van der Waals surface area contributed by atoms with Gasteiger partial charge in [-0.3, -0.25) is 9.69 Å². The highest BCUT2D eigenvalue weighted by Crippen LogP contribution is 2.03. The van der Waals surface area contributed by atoms with Crippen LogP contribution in [0.1, 0.15) is 33.1 Å². The van der Waals surface area contributed by atoms with Crippen LogP contribution in [0.2, 0.25) is 0 Å². The van der Waals surface area contributed by atoms with Gasteiger partial charge in [-0.1, -0.05) is 19.8 Å². The standard InChI is InChI=1S/C9H19N3O/c1-4-5-6-8(2)11-9(10)12(3)7-13/h7-8H,4-6H2,1-3H3,(H2,10,11). The Morgan fingerprint density at radius 2 is 2.31 bits per heavy atom. The van der Waals surface area contributed by atoms with Crippen molar-refractivity contribution in [3.8, 4) is 0 Å². The van der Waals surface area contributed by atoms with Crippen molar-refractivity contribution in [2.24, 2.45) is 10.7 Å². The fraction of sp³-hybridized carbons (Fsp3) is 0.778. The number of carbonyl (C=O) groups excluding carboxylic acids is 1. The van der Waals surface area contributed by atoms with Crippen LogP contribution >= 0.6 is 0 Å². The first kappa shape index (κ1) is 11.9. The molecule has 4 nitrogen and oxygen atoms in total. The second kappa shape index (κ2) is 6.46. The molecule has 0 aromatic heterocycles. The normalized spacial score (nSPS) is 13.9. The van der Waals surface area contributed by atoms with Gasteiger partial charge in [0.15, 0.2) is 5.96 Å². The van der Waals surface area contributed by atoms with Gasteiger partial charge in [0.05, 0.1) is 6.04 Å². The van der Waals surface area contributed by atoms with Gasteiger partial charge in [-0.2, -0.15) is 0 Å². The van der Waals surface area contributed by atoms with Crippen molar-refractivity contribution in [3.63, 3.8) is 0 Å². The molecule has 0 radical (unpaired) electrons. The van der Waals surface area contributed by atoms with Gasteiger partial charge in [0.2, 0.25) is 6.41 Å². The van der Waals surface area contributed by atoms with Crippen LogP contribution in [0.3, 0.4) is 0 Å². The highest BCUT2D eigenvalue weighted by Gasteiger charge is 2.02. The number of hydrogen-bond donors (Lipinski definition) is 1. The Hall–Kier alpha value is -1.06. The van der Waals surface area contributed by atoms with E-state index in [0.717, 1.165) is 19.3 Å². The molecule has 0 saturated carbocycles. The van der Waals surface area contributed by atoms with Crippen molar-refractivity contribution in [1.29, 1.82) is 0 Å². The zero-order chi connectivity index (χ0) is 10.3. The van der Waals surface area contributed by atoms with Crippen molar-refractivity contribution < 1.29 is 4.79 Å². The van der Waals surface area contributed by atoms with Crippen LogP contribution < -0.4 is 5.73 Å². The lowest BCUT2D eigenvalue weighted by Gasteiger charge is -2.12. The number of nitrogens with two attached hydrogens (primary N) is 1. The number of aliphatic imine (C=N–C) groups is 1. The molecule has 4 heteroatoms. The maximum atomic E-state index is 10.3. The van der Waals surface area contributed by atoms with E-state index < -0.39 is 0 Å². The molecule has 1 unspecified atom stereocenters. The van der Waals surface area contributed by atoms with Crippen molar-refractivity contribution in [2.45, 2.75) is 39.2 Å². The molecule has 0 spiro atoms. The second-order valence-corrected chi connectivity index (χ2v) is 3.19. The van der Waals surface area contributed by atoms with Crippen LogP contribution in [0.15, 0.2) is 4.99 Å². The third-order valence-corrected chi connectivity index (χ3v) is 1.85. The lowest BCUT2D eigenvalue weighted by atomic mass is 10.1. The van der Waals surface area contributed by atoms with Crippen molar-refractivity contribution in [3.05, 3.63) is 0 Å². The highest BCUT2D eigenvalue weighted by molar-refractivity contribution is 5.87. The number of amides is 1. The average Bonchev–Trinajstić information content (AvgIpc) is 2.13. The molecule has 0 heterocycles. The van der Waals surface area contributed by atoms with E-state index in [-0.39, 0.29) is 6.04 Å². The van der Waals surface area contributed by atoms with E-state index in [1.54, 1.807) is 7.05 Å². The molecule has 0 saturated heterocycles. The van der Waals surface area contributed by atoms with Crippen LogP contribution in [0.4, 0.5) is 0 Å². The molecule has 0 aliphatic rings. The van der Waals surface area contributed by atoms with Gasteiger partial charge in [0.1, 0.15) is 0 Å². The Bertz CT molecular complexity index is 180. The van der Waals surface area contributed by atoms with E-state index in [9.17, 15) is 4.79 Å². The maximum Gasteiger partial charge on any atom is 0.216 e. The molecule has 0 aromatic rings. The van der Waals surface area contributed by atoms with Crippen LogP contribution in [-0.4, -0.2) is 30.4 Å². The Kier molecular flexibility index (Phi) is 5.93. The summed E-state index contributed by atoms with van der Waals surface area (Å²) in [6.45, 7) is 4.14. The fourth-order valence-corrected chi connectivity index (χ4v) is 0.935. The summed E-state index contributed by atoms with van der Waals surface area (Å²) in [5, 5.41) is 0. The minimum Gasteiger partial charge on any atom is -0.369 e. The molecule has 1 atom stereocenters. The van der Waals surface area contributed by atoms with E-state index in [4.69, 9.17) is 5.73 Å². The second-order valence-electron chi connectivity index (χ2n) is 3.19. The monoisotopic (exact) mass is 185 g/mol. The van der Waals surface area contributed by atoms with Gasteiger partial charge in [-0.25, -0.2) is 4.99 Å². The molecule has 2 N–H and O–H groups in total. The molecule has 0 aliphatic carbocycles. The number of guanidine groups is 1. The number of carbonyl (C=O) groups is 1. The van der Waals surface area contributed by atoms with E-state index >= 15 is 0 Å². The summed E-state index contributed by atoms with van der Waals surface area (Å²) in [6, 6.07) is 0.197. The van der Waals surface area contributed by atoms with Gasteiger partial charge in [-0.15, -0.1) is 0 Å². The smallest absolute Gasteiger partial charge is 0.216 e. The largest absolute Gasteiger partial charge is 0.369 e. The van der Waals surface area contributed by atoms with E-state index in [1.165, 1.54) is 4.90 Å². The zero-order valence-corrected chi connectivity index (χ0v) is 8.66. The topological polar surface area (TPSA) is 58.7 Å². The average molecular weight is 185 g/mol. The van der Waals surface area contributed by atoms with Crippen LogP contribution in [-0.2, 0) is 4.79 Å². The van der Waals surface area contributed by atoms with Crippen LogP contribution in [0.25, 0.3) is 0 Å². The molecule has 0 aromatic carbocycles. The summed E-state index contributed by atoms with van der Waals surface area (Å²) in [6.07, 6.45) is 3.97. The van der Waals surface area contributed by atoms with E-state index in [2.05, 4.69) is 11.9 Å². The molecular weight excluding hydrogens is 166 g/mol. The minimum absolute atomic E-state index is 0.197. The molecule has 13 heavy (non-hydrogen) atoms. The number of hydrogen-bond acceptors (Lipinski definition) is 2. The molecule has 1 amide bonds. The van der Waals surface area contributed by atoms with Gasteiger partial charge >= 0.3 is 0 Å². The summed E-state index contributed by atoms with van der Waals surface area (Å²) in [5.41, 5.74) is 5.55. The summed E-state index contributed by atoms with van der Waals surface area (Å²) in [4.78, 5) is 15.8. The summed E-state index contributed by atoms with van der Waals surface area (Å²) in [7, 11) is 1.60. The summed E-state index contributed by atoms with van der Waals surface area (Å²) < 4.78 is 0. The molecule has 0 fully saturated rings. The van der Waals surface area contributed by atoms with Gasteiger partial charge < -0.3 is 5.73 Å². The third kappa shape index (κ3) is 5.22. The first-order valence-electron chi connectivity index (χ1n) is 4.63. The van der Waals surface area contributed by atoms with E-state index in [0.29, 0.717) is 12.4 Å². The summed E-state index contributed by atoms with van der Waals surface area (Å²) >= 11 is 0. The lowest BCUT2D eigenvalue weighted by molar-refractivity contribution is -0.114. The van der Waals surface area contributed by atoms with E-state index in [1.807, 2.05) is 6.92 Å².